The van der Waals surface area contributed by atoms with Gasteiger partial charge in [0, 0.05) is 6.08 Å². The van der Waals surface area contributed by atoms with Crippen LogP contribution in [0.25, 0.3) is 0 Å². The Morgan fingerprint density at radius 1 is 1.33 bits per heavy atom. The number of hydrogen-bond acceptors (Lipinski definition) is 4. The fourth-order valence-electron chi connectivity index (χ4n) is 0.464. The van der Waals surface area contributed by atoms with Crippen LogP contribution in [0.5, 0.6) is 0 Å². The molecule has 0 saturated carbocycles. The van der Waals surface area contributed by atoms with Crippen LogP contribution in [0, 0.1) is 0 Å². The van der Waals surface area contributed by atoms with Gasteiger partial charge in [-0.1, -0.05) is 6.92 Å². The van der Waals surface area contributed by atoms with Gasteiger partial charge in [-0.15, -0.1) is 0 Å². The zero-order chi connectivity index (χ0) is 8.69. The van der Waals surface area contributed by atoms with Gasteiger partial charge in [-0.05, 0) is 13.5 Å². The van der Waals surface area contributed by atoms with Crippen LogP contribution in [-0.2, 0) is 14.3 Å². The van der Waals surface area contributed by atoms with Gasteiger partial charge in [0.25, 0.3) is 0 Å². The van der Waals surface area contributed by atoms with Crippen LogP contribution in [0.4, 0.5) is 0 Å². The quantitative estimate of drug-likeness (QED) is 0.191. The summed E-state index contributed by atoms with van der Waals surface area (Å²) in [5.74, 6) is -1.32. The van der Waals surface area contributed by atoms with Crippen molar-refractivity contribution in [3.05, 3.63) is 12.0 Å². The molecule has 0 unspecified atom stereocenters. The normalized spacial score (nSPS) is 10.0. The molecule has 0 radical (unpaired) electrons. The molecule has 12 heavy (non-hydrogen) atoms. The van der Waals surface area contributed by atoms with Gasteiger partial charge in [-0.25, -0.2) is 4.79 Å². The van der Waals surface area contributed by atoms with Crippen LogP contribution in [0.3, 0.4) is 0 Å². The molecule has 0 bridgehead atoms. The summed E-state index contributed by atoms with van der Waals surface area (Å²) in [7, 11) is 0. The van der Waals surface area contributed by atoms with E-state index in [9.17, 15) is 9.90 Å². The Morgan fingerprint density at radius 2 is 1.83 bits per heavy atom. The number of carbonyl (C=O) groups is 1. The largest absolute Gasteiger partial charge is 1.00 e. The van der Waals surface area contributed by atoms with Gasteiger partial charge in [-0.3, -0.25) is 0 Å². The second kappa shape index (κ2) is 8.50. The summed E-state index contributed by atoms with van der Waals surface area (Å²) in [6, 6.07) is 0. The van der Waals surface area contributed by atoms with E-state index in [1.54, 1.807) is 13.8 Å². The Morgan fingerprint density at radius 3 is 2.25 bits per heavy atom. The Kier molecular flexibility index (Phi) is 9.89. The molecule has 0 aliphatic rings. The summed E-state index contributed by atoms with van der Waals surface area (Å²) in [6.07, 6.45) is 0.785. The smallest absolute Gasteiger partial charge is 0.613 e. The average molecular weight is 166 g/mol. The predicted octanol–water partition coefficient (Wildman–Crippen LogP) is -3.21. The van der Waals surface area contributed by atoms with E-state index in [4.69, 9.17) is 0 Å². The number of esters is 1. The van der Waals surface area contributed by atoms with Crippen LogP contribution in [-0.4, -0.2) is 19.2 Å². The van der Waals surface area contributed by atoms with E-state index in [1.165, 1.54) is 0 Å². The molecule has 0 rings (SSSR count). The van der Waals surface area contributed by atoms with E-state index in [1.807, 2.05) is 0 Å². The van der Waals surface area contributed by atoms with Crippen molar-refractivity contribution in [2.75, 3.05) is 13.2 Å². The SMILES string of the molecule is CCOC(=O)/C=C(\[O-])OCC.[Li+]. The molecule has 0 aliphatic heterocycles. The first-order valence-electron chi connectivity index (χ1n) is 3.39. The number of carbonyl (C=O) groups excluding carboxylic acids is 1. The molecule has 0 aromatic heterocycles. The molecule has 64 valence electrons. The van der Waals surface area contributed by atoms with Gasteiger partial charge >= 0.3 is 24.8 Å². The summed E-state index contributed by atoms with van der Waals surface area (Å²) < 4.78 is 8.93. The fourth-order valence-corrected chi connectivity index (χ4v) is 0.464. The van der Waals surface area contributed by atoms with Crippen LogP contribution < -0.4 is 24.0 Å². The summed E-state index contributed by atoms with van der Waals surface area (Å²) in [4.78, 5) is 10.5. The van der Waals surface area contributed by atoms with E-state index >= 15 is 0 Å². The molecular formula is C7H11LiO4. The molecule has 0 N–H and O–H groups in total. The topological polar surface area (TPSA) is 58.6 Å². The van der Waals surface area contributed by atoms with Crippen LogP contribution >= 0.6 is 0 Å². The van der Waals surface area contributed by atoms with Crippen molar-refractivity contribution in [2.45, 2.75) is 13.8 Å². The fraction of sp³-hybridized carbons (Fsp3) is 0.571. The molecule has 4 nitrogen and oxygen atoms in total. The van der Waals surface area contributed by atoms with Gasteiger partial charge in [0.1, 0.15) is 0 Å². The van der Waals surface area contributed by atoms with E-state index in [-0.39, 0.29) is 32.1 Å². The maximum atomic E-state index is 10.5. The van der Waals surface area contributed by atoms with Crippen molar-refractivity contribution in [1.29, 1.82) is 0 Å². The Labute approximate surface area is 83.7 Å². The zero-order valence-electron chi connectivity index (χ0n) is 7.62. The molecule has 0 spiro atoms. The third kappa shape index (κ3) is 7.51. The van der Waals surface area contributed by atoms with Crippen molar-refractivity contribution >= 4 is 5.97 Å². The number of rotatable bonds is 4. The Balaban J connectivity index is 0. The molecule has 0 atom stereocenters. The van der Waals surface area contributed by atoms with Gasteiger partial charge in [0.2, 0.25) is 0 Å². The summed E-state index contributed by atoms with van der Waals surface area (Å²) in [5, 5.41) is 10.5. The third-order valence-corrected chi connectivity index (χ3v) is 0.809. The minimum Gasteiger partial charge on any atom is -0.613 e. The summed E-state index contributed by atoms with van der Waals surface area (Å²) in [5.41, 5.74) is 0. The Hall–Kier alpha value is -0.593. The molecule has 0 aliphatic carbocycles. The van der Waals surface area contributed by atoms with Crippen molar-refractivity contribution in [1.82, 2.24) is 0 Å². The first-order chi connectivity index (χ1) is 5.20. The van der Waals surface area contributed by atoms with E-state index in [0.717, 1.165) is 6.08 Å². The molecule has 0 saturated heterocycles. The molecule has 0 aromatic carbocycles. The zero-order valence-corrected chi connectivity index (χ0v) is 7.62. The monoisotopic (exact) mass is 166 g/mol. The van der Waals surface area contributed by atoms with E-state index in [2.05, 4.69) is 9.47 Å². The Bertz CT molecular complexity index is 155. The standard InChI is InChI=1S/C7H12O4.Li/c1-3-10-6(8)5-7(9)11-4-2;/h5,8H,3-4H2,1-2H3;/q;+1/p-1/b6-5+;. The second-order valence-corrected chi connectivity index (χ2v) is 1.65. The van der Waals surface area contributed by atoms with Gasteiger partial charge in [-0.2, -0.15) is 0 Å². The molecule has 0 amide bonds. The summed E-state index contributed by atoms with van der Waals surface area (Å²) in [6.45, 7) is 3.84. The minimum atomic E-state index is -0.661. The minimum absolute atomic E-state index is 0. The predicted molar refractivity (Wildman–Crippen MR) is 36.3 cm³/mol. The first kappa shape index (κ1) is 14.0. The van der Waals surface area contributed by atoms with Gasteiger partial charge < -0.3 is 14.6 Å². The van der Waals surface area contributed by atoms with Crippen molar-refractivity contribution in [3.8, 4) is 0 Å². The third-order valence-electron chi connectivity index (χ3n) is 0.809. The van der Waals surface area contributed by atoms with Gasteiger partial charge in [0.15, 0.2) is 0 Å². The van der Waals surface area contributed by atoms with E-state index in [0.29, 0.717) is 0 Å². The molecule has 0 heterocycles. The molecule has 0 aromatic rings. The molecule has 0 fully saturated rings. The number of ether oxygens (including phenoxy) is 2. The van der Waals surface area contributed by atoms with Crippen molar-refractivity contribution in [2.24, 2.45) is 0 Å². The average Bonchev–Trinajstić information content (AvgIpc) is 1.87. The van der Waals surface area contributed by atoms with Crippen LogP contribution in [0.1, 0.15) is 13.8 Å². The second-order valence-electron chi connectivity index (χ2n) is 1.65. The summed E-state index contributed by atoms with van der Waals surface area (Å²) >= 11 is 0. The van der Waals surface area contributed by atoms with Crippen molar-refractivity contribution < 1.29 is 38.2 Å². The first-order valence-corrected chi connectivity index (χ1v) is 3.39. The van der Waals surface area contributed by atoms with Crippen LogP contribution in [0.2, 0.25) is 0 Å². The van der Waals surface area contributed by atoms with Crippen molar-refractivity contribution in [3.63, 3.8) is 0 Å². The van der Waals surface area contributed by atoms with Gasteiger partial charge in [0.05, 0.1) is 12.6 Å². The maximum absolute atomic E-state index is 10.5. The molecule has 5 heteroatoms. The van der Waals surface area contributed by atoms with E-state index < -0.39 is 11.9 Å². The number of hydrogen-bond donors (Lipinski definition) is 0. The van der Waals surface area contributed by atoms with Crippen LogP contribution in [0.15, 0.2) is 12.0 Å². The molecular weight excluding hydrogens is 155 g/mol. The maximum Gasteiger partial charge on any atom is 1.00 e.